The van der Waals surface area contributed by atoms with Crippen LogP contribution in [0.3, 0.4) is 0 Å². The number of nitrogens with zero attached hydrogens (tertiary/aromatic N) is 2. The Balaban J connectivity index is 1.61. The average Bonchev–Trinajstić information content (AvgIpc) is 3.90. The van der Waals surface area contributed by atoms with E-state index < -0.39 is 70.8 Å². The van der Waals surface area contributed by atoms with Crippen LogP contribution < -0.4 is 10.9 Å². The van der Waals surface area contributed by atoms with Gasteiger partial charge in [0.25, 0.3) is 5.56 Å². The van der Waals surface area contributed by atoms with Gasteiger partial charge in [0.2, 0.25) is 5.91 Å². The number of alkyl halides is 3. The Morgan fingerprint density at radius 3 is 2.13 bits per heavy atom. The maximum Gasteiger partial charge on any atom is 0.416 e. The summed E-state index contributed by atoms with van der Waals surface area (Å²) in [5.41, 5.74) is -0.445. The fraction of sp³-hybridized carbons (Fsp3) is 0.488. The first kappa shape index (κ1) is 39.7. The number of amides is 1. The molecule has 1 amide bonds. The molecule has 2 fully saturated rings. The zero-order chi connectivity index (χ0) is 38.9. The van der Waals surface area contributed by atoms with Crippen molar-refractivity contribution in [2.75, 3.05) is 13.1 Å². The molecule has 53 heavy (non-hydrogen) atoms. The van der Waals surface area contributed by atoms with E-state index in [4.69, 9.17) is 0 Å². The third kappa shape index (κ3) is 8.84. The van der Waals surface area contributed by atoms with Gasteiger partial charge in [0.1, 0.15) is 17.7 Å². The second-order valence-corrected chi connectivity index (χ2v) is 14.9. The van der Waals surface area contributed by atoms with Crippen molar-refractivity contribution in [2.24, 2.45) is 5.92 Å². The largest absolute Gasteiger partial charge is 0.481 e. The molecule has 1 aromatic heterocycles. The van der Waals surface area contributed by atoms with Crippen LogP contribution in [-0.2, 0) is 15.8 Å². The Hall–Kier alpha value is -4.50. The highest BCUT2D eigenvalue weighted by Crippen LogP contribution is 2.41. The van der Waals surface area contributed by atoms with Gasteiger partial charge in [-0.05, 0) is 113 Å². The van der Waals surface area contributed by atoms with Gasteiger partial charge in [0, 0.05) is 29.4 Å². The van der Waals surface area contributed by atoms with Crippen LogP contribution in [0, 0.1) is 50.2 Å². The van der Waals surface area contributed by atoms with Crippen molar-refractivity contribution in [1.29, 1.82) is 0 Å². The Morgan fingerprint density at radius 2 is 1.60 bits per heavy atom. The summed E-state index contributed by atoms with van der Waals surface area (Å²) >= 11 is 0. The van der Waals surface area contributed by atoms with Crippen molar-refractivity contribution in [1.82, 2.24) is 14.8 Å². The summed E-state index contributed by atoms with van der Waals surface area (Å²) in [6.45, 7) is 11.6. The lowest BCUT2D eigenvalue weighted by molar-refractivity contribution is -0.139. The number of carboxylic acid groups (broad SMARTS) is 1. The summed E-state index contributed by atoms with van der Waals surface area (Å²) in [6, 6.07) is 2.70. The van der Waals surface area contributed by atoms with Crippen LogP contribution in [-0.4, -0.2) is 45.6 Å². The van der Waals surface area contributed by atoms with E-state index in [1.165, 1.54) is 13.0 Å². The molecule has 1 aliphatic heterocycles. The molecule has 12 heteroatoms. The second kappa shape index (κ2) is 15.8. The first-order valence-corrected chi connectivity index (χ1v) is 18.0. The zero-order valence-electron chi connectivity index (χ0n) is 30.9. The fourth-order valence-corrected chi connectivity index (χ4v) is 7.83. The molecule has 0 radical (unpaired) electrons. The Morgan fingerprint density at radius 1 is 0.981 bits per heavy atom. The molecule has 2 heterocycles. The van der Waals surface area contributed by atoms with E-state index in [-0.39, 0.29) is 29.0 Å². The zero-order valence-corrected chi connectivity index (χ0v) is 30.9. The second-order valence-electron chi connectivity index (χ2n) is 14.9. The number of rotatable bonds is 11. The number of aryl methyl sites for hydroxylation is 3. The van der Waals surface area contributed by atoms with Crippen LogP contribution >= 0.6 is 0 Å². The molecule has 7 nitrogen and oxygen atoms in total. The van der Waals surface area contributed by atoms with Gasteiger partial charge in [-0.2, -0.15) is 13.2 Å². The van der Waals surface area contributed by atoms with Crippen LogP contribution in [0.2, 0.25) is 0 Å². The topological polar surface area (TPSA) is 91.6 Å². The summed E-state index contributed by atoms with van der Waals surface area (Å²) in [5, 5.41) is 12.4. The molecule has 2 atom stereocenters. The fourth-order valence-electron chi connectivity index (χ4n) is 7.83. The number of piperidine rings is 1. The van der Waals surface area contributed by atoms with E-state index in [9.17, 15) is 32.7 Å². The molecule has 0 bridgehead atoms. The Bertz CT molecular complexity index is 1990. The molecule has 1 saturated heterocycles. The quantitative estimate of drug-likeness (QED) is 0.152. The van der Waals surface area contributed by atoms with Gasteiger partial charge >= 0.3 is 12.1 Å². The van der Waals surface area contributed by atoms with Gasteiger partial charge in [-0.3, -0.25) is 14.4 Å². The highest BCUT2D eigenvalue weighted by Gasteiger charge is 2.40. The molecule has 3 aromatic rings. The molecule has 2 aromatic carbocycles. The molecule has 1 saturated carbocycles. The molecule has 1 aliphatic carbocycles. The number of pyridine rings is 1. The van der Waals surface area contributed by atoms with Crippen molar-refractivity contribution >= 4 is 11.9 Å². The third-order valence-electron chi connectivity index (χ3n) is 10.3. The summed E-state index contributed by atoms with van der Waals surface area (Å²) in [7, 11) is 0. The number of benzene rings is 2. The van der Waals surface area contributed by atoms with Crippen molar-refractivity contribution in [2.45, 2.75) is 110 Å². The number of carboxylic acids is 1. The van der Waals surface area contributed by atoms with E-state index in [2.05, 4.69) is 22.1 Å². The van der Waals surface area contributed by atoms with Crippen LogP contribution in [0.15, 0.2) is 35.3 Å². The SMILES string of the molecule is CC#Cc1cc(-c2c(C)cc(C)cc2C)c(F)c([C@@H](CC(=O)O)NC(=O)[C@H](CC(C)C)n2cc(C3CCN(C4CC4)CC3)c(C(F)(F)F)cc2=O)c1F. The maximum absolute atomic E-state index is 16.7. The van der Waals surface area contributed by atoms with Crippen molar-refractivity contribution in [3.05, 3.63) is 91.4 Å². The number of aromatic nitrogens is 1. The predicted octanol–water partition coefficient (Wildman–Crippen LogP) is 8.37. The number of aliphatic carboxylic acids is 1. The van der Waals surface area contributed by atoms with Gasteiger partial charge < -0.3 is 19.9 Å². The summed E-state index contributed by atoms with van der Waals surface area (Å²) < 4.78 is 77.2. The lowest BCUT2D eigenvalue weighted by Gasteiger charge is -2.34. The number of halogens is 5. The minimum absolute atomic E-state index is 0.0320. The molecular weight excluding hydrogens is 693 g/mol. The highest BCUT2D eigenvalue weighted by atomic mass is 19.4. The predicted molar refractivity (Wildman–Crippen MR) is 192 cm³/mol. The molecule has 284 valence electrons. The molecule has 2 N–H and O–H groups in total. The smallest absolute Gasteiger partial charge is 0.416 e. The number of carbonyl (C=O) groups excluding carboxylic acids is 1. The average molecular weight is 740 g/mol. The van der Waals surface area contributed by atoms with Crippen LogP contribution in [0.5, 0.6) is 0 Å². The number of likely N-dealkylation sites (tertiary alicyclic amines) is 1. The minimum atomic E-state index is -4.82. The van der Waals surface area contributed by atoms with Gasteiger partial charge in [0.15, 0.2) is 0 Å². The van der Waals surface area contributed by atoms with Crippen molar-refractivity contribution in [3.63, 3.8) is 0 Å². The summed E-state index contributed by atoms with van der Waals surface area (Å²) in [6.07, 6.45) is -1.67. The van der Waals surface area contributed by atoms with E-state index in [1.54, 1.807) is 27.7 Å². The lowest BCUT2D eigenvalue weighted by atomic mass is 9.87. The van der Waals surface area contributed by atoms with Crippen molar-refractivity contribution in [3.8, 4) is 23.0 Å². The highest BCUT2D eigenvalue weighted by molar-refractivity contribution is 5.82. The summed E-state index contributed by atoms with van der Waals surface area (Å²) in [5.74, 6) is -0.238. The van der Waals surface area contributed by atoms with E-state index >= 15 is 8.78 Å². The van der Waals surface area contributed by atoms with E-state index in [0.29, 0.717) is 54.7 Å². The van der Waals surface area contributed by atoms with Crippen LogP contribution in [0.25, 0.3) is 11.1 Å². The van der Waals surface area contributed by atoms with Gasteiger partial charge in [0.05, 0.1) is 23.6 Å². The first-order valence-electron chi connectivity index (χ1n) is 18.0. The normalized spacial score (nSPS) is 16.6. The number of hydrogen-bond acceptors (Lipinski definition) is 4. The Labute approximate surface area is 306 Å². The maximum atomic E-state index is 16.7. The number of carbonyl (C=O) groups is 2. The molecule has 5 rings (SSSR count). The first-order chi connectivity index (χ1) is 24.9. The summed E-state index contributed by atoms with van der Waals surface area (Å²) in [4.78, 5) is 42.2. The molecule has 0 unspecified atom stereocenters. The van der Waals surface area contributed by atoms with E-state index in [1.807, 2.05) is 19.1 Å². The minimum Gasteiger partial charge on any atom is -0.481 e. The van der Waals surface area contributed by atoms with Crippen molar-refractivity contribution < 1.29 is 36.6 Å². The lowest BCUT2D eigenvalue weighted by Crippen LogP contribution is -2.41. The molecule has 2 aliphatic rings. The number of hydrogen-bond donors (Lipinski definition) is 2. The number of nitrogens with one attached hydrogen (secondary N) is 1. The van der Waals surface area contributed by atoms with Gasteiger partial charge in [-0.25, -0.2) is 8.78 Å². The Kier molecular flexibility index (Phi) is 11.9. The van der Waals surface area contributed by atoms with Crippen LogP contribution in [0.4, 0.5) is 22.0 Å². The third-order valence-corrected chi connectivity index (χ3v) is 10.3. The standard InChI is InChI=1S/C41H46F5N3O4/c1-7-8-27-18-29(36-24(5)16-23(4)17-25(36)6)39(43)37(38(27)42)32(20-35(51)52)47-40(53)33(15-22(2)3)49-21-30(31(19-34(49)50)41(44,45)46)26-11-13-48(14-12-26)28-9-10-28/h16-19,21-22,26,28,32-33H,9-15,20H2,1-6H3,(H,47,53)(H,51,52)/t32-,33+/m1/s1. The monoisotopic (exact) mass is 739 g/mol. The molecular formula is C41H46F5N3O4. The van der Waals surface area contributed by atoms with Gasteiger partial charge in [-0.15, -0.1) is 5.92 Å². The molecule has 0 spiro atoms. The van der Waals surface area contributed by atoms with Gasteiger partial charge in [-0.1, -0.05) is 37.5 Å². The van der Waals surface area contributed by atoms with Crippen LogP contribution in [0.1, 0.15) is 116 Å². The van der Waals surface area contributed by atoms with E-state index in [0.717, 1.165) is 29.2 Å².